The Bertz CT molecular complexity index is 923. The molecule has 3 aromatic rings. The highest BCUT2D eigenvalue weighted by atomic mass is 16.5. The van der Waals surface area contributed by atoms with Crippen LogP contribution < -0.4 is 14.8 Å². The summed E-state index contributed by atoms with van der Waals surface area (Å²) in [5, 5.41) is 2.93. The van der Waals surface area contributed by atoms with Gasteiger partial charge in [-0.1, -0.05) is 69.0 Å². The molecule has 0 aromatic heterocycles. The van der Waals surface area contributed by atoms with E-state index in [0.29, 0.717) is 17.9 Å². The lowest BCUT2D eigenvalue weighted by atomic mass is 10.2. The second-order valence-corrected chi connectivity index (χ2v) is 7.54. The summed E-state index contributed by atoms with van der Waals surface area (Å²) in [6, 6.07) is 24.7. The summed E-state index contributed by atoms with van der Waals surface area (Å²) in [5.74, 6) is 1.32. The molecule has 1 N–H and O–H groups in total. The molecule has 3 rings (SSSR count). The number of hydrogen-bond acceptors (Lipinski definition) is 3. The van der Waals surface area contributed by atoms with Crippen molar-refractivity contribution in [3.8, 4) is 11.5 Å². The topological polar surface area (TPSA) is 47.6 Å². The van der Waals surface area contributed by atoms with E-state index in [2.05, 4.69) is 12.2 Å². The highest BCUT2D eigenvalue weighted by Gasteiger charge is 2.08. The monoisotopic (exact) mass is 417 g/mol. The first-order valence-electron chi connectivity index (χ1n) is 11.1. The van der Waals surface area contributed by atoms with E-state index in [1.165, 1.54) is 25.7 Å². The molecule has 0 spiro atoms. The van der Waals surface area contributed by atoms with Crippen LogP contribution in [0, 0.1) is 0 Å². The molecule has 4 heteroatoms. The van der Waals surface area contributed by atoms with Crippen LogP contribution in [0.25, 0.3) is 0 Å². The summed E-state index contributed by atoms with van der Waals surface area (Å²) < 4.78 is 11.6. The third-order valence-corrected chi connectivity index (χ3v) is 4.97. The summed E-state index contributed by atoms with van der Waals surface area (Å²) in [7, 11) is 0. The van der Waals surface area contributed by atoms with Crippen LogP contribution >= 0.6 is 0 Å². The Balaban J connectivity index is 1.47. The Kier molecular flexibility index (Phi) is 8.99. The van der Waals surface area contributed by atoms with Gasteiger partial charge in [0.25, 0.3) is 5.91 Å². The summed E-state index contributed by atoms with van der Waals surface area (Å²) in [4.78, 5) is 12.6. The van der Waals surface area contributed by atoms with Gasteiger partial charge in [0.15, 0.2) is 0 Å². The molecule has 1 amide bonds. The highest BCUT2D eigenvalue weighted by Crippen LogP contribution is 2.19. The molecule has 0 saturated carbocycles. The van der Waals surface area contributed by atoms with Crippen molar-refractivity contribution in [2.75, 3.05) is 11.9 Å². The average molecular weight is 418 g/mol. The first-order valence-corrected chi connectivity index (χ1v) is 11.1. The highest BCUT2D eigenvalue weighted by molar-refractivity contribution is 6.04. The fraction of sp³-hybridized carbons (Fsp3) is 0.296. The summed E-state index contributed by atoms with van der Waals surface area (Å²) in [6.07, 6.45) is 6.08. The summed E-state index contributed by atoms with van der Waals surface area (Å²) >= 11 is 0. The lowest BCUT2D eigenvalue weighted by Gasteiger charge is -2.10. The number of hydrogen-bond donors (Lipinski definition) is 1. The van der Waals surface area contributed by atoms with Crippen molar-refractivity contribution in [3.05, 3.63) is 90.0 Å². The molecule has 31 heavy (non-hydrogen) atoms. The number of unbranched alkanes of at least 4 members (excludes halogenated alkanes) is 4. The lowest BCUT2D eigenvalue weighted by molar-refractivity contribution is 0.102. The van der Waals surface area contributed by atoms with Crippen LogP contribution in [0.1, 0.15) is 54.9 Å². The normalized spacial score (nSPS) is 10.5. The Morgan fingerprint density at radius 3 is 2.32 bits per heavy atom. The van der Waals surface area contributed by atoms with Crippen LogP contribution in [0.3, 0.4) is 0 Å². The van der Waals surface area contributed by atoms with Gasteiger partial charge < -0.3 is 14.8 Å². The van der Waals surface area contributed by atoms with Gasteiger partial charge in [-0.3, -0.25) is 4.79 Å². The van der Waals surface area contributed by atoms with Crippen molar-refractivity contribution >= 4 is 11.6 Å². The lowest BCUT2D eigenvalue weighted by Crippen LogP contribution is -2.12. The van der Waals surface area contributed by atoms with Gasteiger partial charge in [-0.2, -0.15) is 0 Å². The van der Waals surface area contributed by atoms with E-state index >= 15 is 0 Å². The fourth-order valence-corrected chi connectivity index (χ4v) is 3.20. The number of amides is 1. The van der Waals surface area contributed by atoms with Crippen LogP contribution in [-0.2, 0) is 6.61 Å². The largest absolute Gasteiger partial charge is 0.494 e. The van der Waals surface area contributed by atoms with Crippen LogP contribution in [-0.4, -0.2) is 12.5 Å². The number of rotatable bonds is 12. The summed E-state index contributed by atoms with van der Waals surface area (Å²) in [6.45, 7) is 3.41. The Morgan fingerprint density at radius 2 is 1.55 bits per heavy atom. The van der Waals surface area contributed by atoms with Crippen LogP contribution in [0.5, 0.6) is 11.5 Å². The quantitative estimate of drug-likeness (QED) is 0.327. The first-order chi connectivity index (χ1) is 15.2. The van der Waals surface area contributed by atoms with E-state index in [1.54, 1.807) is 12.1 Å². The van der Waals surface area contributed by atoms with Crippen molar-refractivity contribution in [1.29, 1.82) is 0 Å². The Labute approximate surface area is 185 Å². The minimum absolute atomic E-state index is 0.172. The molecule has 0 fully saturated rings. The number of carbonyl (C=O) groups excluding carboxylic acids is 1. The molecule has 4 nitrogen and oxygen atoms in total. The van der Waals surface area contributed by atoms with Crippen molar-refractivity contribution in [2.45, 2.75) is 45.6 Å². The maximum atomic E-state index is 12.6. The van der Waals surface area contributed by atoms with Gasteiger partial charge in [0.2, 0.25) is 0 Å². The fourth-order valence-electron chi connectivity index (χ4n) is 3.20. The maximum absolute atomic E-state index is 12.6. The van der Waals surface area contributed by atoms with Crippen molar-refractivity contribution < 1.29 is 14.3 Å². The zero-order valence-corrected chi connectivity index (χ0v) is 18.2. The van der Waals surface area contributed by atoms with Crippen LogP contribution in [0.2, 0.25) is 0 Å². The number of benzene rings is 3. The molecule has 0 atom stereocenters. The van der Waals surface area contributed by atoms with Gasteiger partial charge in [0, 0.05) is 11.3 Å². The Hall–Kier alpha value is -3.27. The van der Waals surface area contributed by atoms with Crippen molar-refractivity contribution in [2.24, 2.45) is 0 Å². The van der Waals surface area contributed by atoms with E-state index in [0.717, 1.165) is 30.0 Å². The van der Waals surface area contributed by atoms with Gasteiger partial charge >= 0.3 is 0 Å². The van der Waals surface area contributed by atoms with Gasteiger partial charge in [-0.15, -0.1) is 0 Å². The molecule has 0 aliphatic heterocycles. The average Bonchev–Trinajstić information content (AvgIpc) is 2.82. The smallest absolute Gasteiger partial charge is 0.255 e. The molecule has 162 valence electrons. The summed E-state index contributed by atoms with van der Waals surface area (Å²) in [5.41, 5.74) is 2.37. The van der Waals surface area contributed by atoms with Crippen LogP contribution in [0.4, 0.5) is 5.69 Å². The third kappa shape index (κ3) is 7.82. The van der Waals surface area contributed by atoms with Gasteiger partial charge in [0.1, 0.15) is 18.1 Å². The molecule has 3 aromatic carbocycles. The SMILES string of the molecule is CCCCCCCOc1ccc(NC(=O)c2cccc(OCc3ccccc3)c2)cc1. The van der Waals surface area contributed by atoms with Crippen molar-refractivity contribution in [3.63, 3.8) is 0 Å². The van der Waals surface area contributed by atoms with Gasteiger partial charge in [-0.05, 0) is 54.4 Å². The zero-order valence-electron chi connectivity index (χ0n) is 18.2. The number of ether oxygens (including phenoxy) is 2. The van der Waals surface area contributed by atoms with E-state index in [-0.39, 0.29) is 5.91 Å². The molecular weight excluding hydrogens is 386 g/mol. The van der Waals surface area contributed by atoms with Crippen molar-refractivity contribution in [1.82, 2.24) is 0 Å². The first kappa shape index (κ1) is 22.4. The number of carbonyl (C=O) groups is 1. The predicted octanol–water partition coefficient (Wildman–Crippen LogP) is 6.87. The molecule has 0 bridgehead atoms. The molecule has 0 unspecified atom stereocenters. The Morgan fingerprint density at radius 1 is 0.774 bits per heavy atom. The minimum Gasteiger partial charge on any atom is -0.494 e. The van der Waals surface area contributed by atoms with Gasteiger partial charge in [0.05, 0.1) is 6.61 Å². The van der Waals surface area contributed by atoms with E-state index in [9.17, 15) is 4.79 Å². The number of nitrogens with one attached hydrogen (secondary N) is 1. The maximum Gasteiger partial charge on any atom is 0.255 e. The van der Waals surface area contributed by atoms with Gasteiger partial charge in [-0.25, -0.2) is 0 Å². The van der Waals surface area contributed by atoms with Crippen LogP contribution in [0.15, 0.2) is 78.9 Å². The van der Waals surface area contributed by atoms with E-state index in [4.69, 9.17) is 9.47 Å². The predicted molar refractivity (Wildman–Crippen MR) is 126 cm³/mol. The molecular formula is C27H31NO3. The second-order valence-electron chi connectivity index (χ2n) is 7.54. The molecule has 0 aliphatic rings. The standard InChI is InChI=1S/C27H31NO3/c1-2-3-4-5-9-19-30-25-17-15-24(16-18-25)28-27(29)23-13-10-14-26(20-23)31-21-22-11-7-6-8-12-22/h6-8,10-18,20H,2-5,9,19,21H2,1H3,(H,28,29). The van der Waals surface area contributed by atoms with E-state index < -0.39 is 0 Å². The third-order valence-electron chi connectivity index (χ3n) is 4.97. The minimum atomic E-state index is -0.172. The zero-order chi connectivity index (χ0) is 21.7. The van der Waals surface area contributed by atoms with E-state index in [1.807, 2.05) is 66.7 Å². The molecule has 0 aliphatic carbocycles. The molecule has 0 heterocycles. The molecule has 0 radical (unpaired) electrons. The second kappa shape index (κ2) is 12.4. The number of anilines is 1. The molecule has 0 saturated heterocycles.